The Balaban J connectivity index is 2.82. The minimum Gasteiger partial charge on any atom is -0.480 e. The summed E-state index contributed by atoms with van der Waals surface area (Å²) in [5.74, 6) is -0.693. The zero-order chi connectivity index (χ0) is 14.4. The molecule has 0 aliphatic rings. The van der Waals surface area contributed by atoms with Gasteiger partial charge in [0.25, 0.3) is 5.91 Å². The maximum Gasteiger partial charge on any atom is 0.326 e. The summed E-state index contributed by atoms with van der Waals surface area (Å²) in [4.78, 5) is 23.2. The quantitative estimate of drug-likeness (QED) is 0.831. The summed E-state index contributed by atoms with van der Waals surface area (Å²) in [6, 6.07) is 4.46. The SMILES string of the molecule is CSCCC(NC(=O)c1cccc(C)c1Br)C(=O)O. The fourth-order valence-electron chi connectivity index (χ4n) is 1.55. The minimum atomic E-state index is -1.01. The van der Waals surface area contributed by atoms with E-state index in [1.165, 1.54) is 0 Å². The summed E-state index contributed by atoms with van der Waals surface area (Å²) in [5.41, 5.74) is 1.39. The number of carboxylic acids is 1. The number of nitrogens with one attached hydrogen (secondary N) is 1. The normalized spacial score (nSPS) is 11.9. The standard InChI is InChI=1S/C13H16BrNO3S/c1-8-4-3-5-9(11(8)14)12(16)15-10(13(17)18)6-7-19-2/h3-5,10H,6-7H2,1-2H3,(H,15,16)(H,17,18). The molecule has 1 aromatic carbocycles. The molecule has 6 heteroatoms. The second-order valence-electron chi connectivity index (χ2n) is 4.08. The average molecular weight is 346 g/mol. The van der Waals surface area contributed by atoms with Gasteiger partial charge in [-0.2, -0.15) is 11.8 Å². The number of aliphatic carboxylic acids is 1. The Kier molecular flexibility index (Phi) is 6.37. The van der Waals surface area contributed by atoms with E-state index in [0.29, 0.717) is 22.2 Å². The van der Waals surface area contributed by atoms with Crippen LogP contribution in [0.5, 0.6) is 0 Å². The van der Waals surface area contributed by atoms with E-state index in [1.807, 2.05) is 19.2 Å². The first kappa shape index (κ1) is 16.0. The Morgan fingerprint density at radius 1 is 1.47 bits per heavy atom. The highest BCUT2D eigenvalue weighted by Gasteiger charge is 2.21. The molecule has 1 aromatic rings. The molecule has 0 spiro atoms. The number of hydrogen-bond donors (Lipinski definition) is 2. The monoisotopic (exact) mass is 345 g/mol. The molecule has 0 aromatic heterocycles. The fourth-order valence-corrected chi connectivity index (χ4v) is 2.47. The molecule has 4 nitrogen and oxygen atoms in total. The van der Waals surface area contributed by atoms with Crippen molar-refractivity contribution in [2.45, 2.75) is 19.4 Å². The summed E-state index contributed by atoms with van der Waals surface area (Å²) in [6.07, 6.45) is 2.31. The van der Waals surface area contributed by atoms with Crippen molar-refractivity contribution in [3.05, 3.63) is 33.8 Å². The number of hydrogen-bond acceptors (Lipinski definition) is 3. The van der Waals surface area contributed by atoms with Crippen LogP contribution in [0.1, 0.15) is 22.3 Å². The topological polar surface area (TPSA) is 66.4 Å². The van der Waals surface area contributed by atoms with E-state index < -0.39 is 12.0 Å². The van der Waals surface area contributed by atoms with Crippen LogP contribution in [0.2, 0.25) is 0 Å². The van der Waals surface area contributed by atoms with Crippen LogP contribution in [0.4, 0.5) is 0 Å². The van der Waals surface area contributed by atoms with E-state index in [2.05, 4.69) is 21.2 Å². The van der Waals surface area contributed by atoms with Crippen LogP contribution in [0, 0.1) is 6.92 Å². The molecule has 0 aliphatic heterocycles. The van der Waals surface area contributed by atoms with Crippen molar-refractivity contribution in [2.75, 3.05) is 12.0 Å². The third-order valence-corrected chi connectivity index (χ3v) is 4.35. The van der Waals surface area contributed by atoms with Gasteiger partial charge in [0.05, 0.1) is 5.56 Å². The lowest BCUT2D eigenvalue weighted by molar-refractivity contribution is -0.139. The highest BCUT2D eigenvalue weighted by atomic mass is 79.9. The summed E-state index contributed by atoms with van der Waals surface area (Å²) >= 11 is 4.90. The molecule has 1 atom stereocenters. The Bertz CT molecular complexity index is 479. The van der Waals surface area contributed by atoms with E-state index in [1.54, 1.807) is 23.9 Å². The number of amides is 1. The molecule has 0 fully saturated rings. The van der Waals surface area contributed by atoms with Crippen molar-refractivity contribution in [3.8, 4) is 0 Å². The first-order valence-corrected chi connectivity index (χ1v) is 7.93. The predicted molar refractivity (Wildman–Crippen MR) is 80.8 cm³/mol. The lowest BCUT2D eigenvalue weighted by Gasteiger charge is -2.15. The molecule has 0 bridgehead atoms. The largest absolute Gasteiger partial charge is 0.480 e. The van der Waals surface area contributed by atoms with Crippen molar-refractivity contribution in [1.29, 1.82) is 0 Å². The molecule has 0 heterocycles. The first-order valence-electron chi connectivity index (χ1n) is 5.75. The van der Waals surface area contributed by atoms with Crippen molar-refractivity contribution in [3.63, 3.8) is 0 Å². The van der Waals surface area contributed by atoms with Crippen LogP contribution in [0.15, 0.2) is 22.7 Å². The van der Waals surface area contributed by atoms with Gasteiger partial charge in [0, 0.05) is 4.47 Å². The Morgan fingerprint density at radius 3 is 2.74 bits per heavy atom. The van der Waals surface area contributed by atoms with Crippen LogP contribution in [-0.4, -0.2) is 35.0 Å². The van der Waals surface area contributed by atoms with Gasteiger partial charge >= 0.3 is 5.97 Å². The number of rotatable bonds is 6. The maximum atomic E-state index is 12.1. The Morgan fingerprint density at radius 2 is 2.16 bits per heavy atom. The van der Waals surface area contributed by atoms with Crippen molar-refractivity contribution in [1.82, 2.24) is 5.32 Å². The molecule has 1 rings (SSSR count). The molecule has 0 saturated heterocycles. The van der Waals surface area contributed by atoms with Gasteiger partial charge in [-0.3, -0.25) is 4.79 Å². The first-order chi connectivity index (χ1) is 8.97. The van der Waals surface area contributed by atoms with Gasteiger partial charge in [0.1, 0.15) is 6.04 Å². The maximum absolute atomic E-state index is 12.1. The summed E-state index contributed by atoms with van der Waals surface area (Å²) in [7, 11) is 0. The summed E-state index contributed by atoms with van der Waals surface area (Å²) in [5, 5.41) is 11.6. The van der Waals surface area contributed by atoms with Crippen LogP contribution >= 0.6 is 27.7 Å². The molecule has 19 heavy (non-hydrogen) atoms. The molecule has 1 amide bonds. The van der Waals surface area contributed by atoms with Crippen LogP contribution in [0.3, 0.4) is 0 Å². The highest BCUT2D eigenvalue weighted by molar-refractivity contribution is 9.10. The van der Waals surface area contributed by atoms with Crippen LogP contribution in [-0.2, 0) is 4.79 Å². The number of halogens is 1. The molecule has 2 N–H and O–H groups in total. The molecule has 0 aliphatic carbocycles. The summed E-state index contributed by atoms with van der Waals surface area (Å²) in [6.45, 7) is 1.88. The molecule has 104 valence electrons. The fraction of sp³-hybridized carbons (Fsp3) is 0.385. The van der Waals surface area contributed by atoms with Gasteiger partial charge in [-0.1, -0.05) is 12.1 Å². The van der Waals surface area contributed by atoms with Gasteiger partial charge in [-0.05, 0) is 52.9 Å². The number of thioether (sulfide) groups is 1. The van der Waals surface area contributed by atoms with E-state index >= 15 is 0 Å². The molecule has 1 unspecified atom stereocenters. The van der Waals surface area contributed by atoms with Crippen molar-refractivity contribution < 1.29 is 14.7 Å². The zero-order valence-corrected chi connectivity index (χ0v) is 13.2. The Hall–Kier alpha value is -1.01. The minimum absolute atomic E-state index is 0.371. The predicted octanol–water partition coefficient (Wildman–Crippen LogP) is 2.69. The van der Waals surface area contributed by atoms with Gasteiger partial charge in [0.2, 0.25) is 0 Å². The molecule has 0 saturated carbocycles. The zero-order valence-electron chi connectivity index (χ0n) is 10.8. The van der Waals surface area contributed by atoms with Crippen LogP contribution in [0.25, 0.3) is 0 Å². The molecular weight excluding hydrogens is 330 g/mol. The van der Waals surface area contributed by atoms with Gasteiger partial charge < -0.3 is 10.4 Å². The van der Waals surface area contributed by atoms with E-state index in [9.17, 15) is 9.59 Å². The third kappa shape index (κ3) is 4.54. The number of aryl methyl sites for hydroxylation is 1. The van der Waals surface area contributed by atoms with E-state index in [0.717, 1.165) is 5.56 Å². The summed E-state index contributed by atoms with van der Waals surface area (Å²) < 4.78 is 0.696. The average Bonchev–Trinajstić information content (AvgIpc) is 2.37. The van der Waals surface area contributed by atoms with Crippen LogP contribution < -0.4 is 5.32 Å². The Labute approximate surface area is 125 Å². The molecule has 0 radical (unpaired) electrons. The number of carbonyl (C=O) groups excluding carboxylic acids is 1. The van der Waals surface area contributed by atoms with Gasteiger partial charge in [-0.25, -0.2) is 4.79 Å². The second-order valence-corrected chi connectivity index (χ2v) is 5.86. The smallest absolute Gasteiger partial charge is 0.326 e. The van der Waals surface area contributed by atoms with Crippen molar-refractivity contribution in [2.24, 2.45) is 0 Å². The number of benzene rings is 1. The van der Waals surface area contributed by atoms with E-state index in [-0.39, 0.29) is 5.91 Å². The van der Waals surface area contributed by atoms with E-state index in [4.69, 9.17) is 5.11 Å². The number of carbonyl (C=O) groups is 2. The van der Waals surface area contributed by atoms with Crippen molar-refractivity contribution >= 4 is 39.6 Å². The molecular formula is C13H16BrNO3S. The third-order valence-electron chi connectivity index (χ3n) is 2.65. The lowest BCUT2D eigenvalue weighted by Crippen LogP contribution is -2.41. The lowest BCUT2D eigenvalue weighted by atomic mass is 10.1. The number of carboxylic acid groups (broad SMARTS) is 1. The van der Waals surface area contributed by atoms with Gasteiger partial charge in [0.15, 0.2) is 0 Å². The second kappa shape index (κ2) is 7.55. The van der Waals surface area contributed by atoms with Gasteiger partial charge in [-0.15, -0.1) is 0 Å². The highest BCUT2D eigenvalue weighted by Crippen LogP contribution is 2.21.